The summed E-state index contributed by atoms with van der Waals surface area (Å²) in [5.41, 5.74) is 2.68. The number of aryl methyl sites for hydroxylation is 1. The lowest BCUT2D eigenvalue weighted by Gasteiger charge is -2.31. The normalized spacial score (nSPS) is 18.6. The number of nitrogens with one attached hydrogen (secondary N) is 1. The average molecular weight is 326 g/mol. The smallest absolute Gasteiger partial charge is 0.274 e. The molecule has 0 unspecified atom stereocenters. The summed E-state index contributed by atoms with van der Waals surface area (Å²) in [5, 5.41) is 7.20. The van der Waals surface area contributed by atoms with Crippen LogP contribution >= 0.6 is 0 Å². The molecule has 2 aromatic rings. The summed E-state index contributed by atoms with van der Waals surface area (Å²) in [4.78, 5) is 18.7. The number of hydrogen-bond acceptors (Lipinski definition) is 4. The Kier molecular flexibility index (Phi) is 3.96. The molecule has 0 atom stereocenters. The predicted octanol–water partition coefficient (Wildman–Crippen LogP) is 2.67. The predicted molar refractivity (Wildman–Crippen MR) is 89.1 cm³/mol. The second kappa shape index (κ2) is 6.26. The van der Waals surface area contributed by atoms with E-state index in [2.05, 4.69) is 15.2 Å². The number of piperidine rings is 1. The first-order valence-electron chi connectivity index (χ1n) is 8.63. The maximum Gasteiger partial charge on any atom is 0.274 e. The molecular weight excluding hydrogens is 304 g/mol. The first-order chi connectivity index (χ1) is 11.7. The van der Waals surface area contributed by atoms with Gasteiger partial charge in [-0.25, -0.2) is 4.98 Å². The molecular formula is C18H22N4O2. The van der Waals surface area contributed by atoms with Crippen molar-refractivity contribution in [1.29, 1.82) is 0 Å². The van der Waals surface area contributed by atoms with Crippen molar-refractivity contribution in [3.05, 3.63) is 41.3 Å². The van der Waals surface area contributed by atoms with Crippen LogP contribution in [0.25, 0.3) is 0 Å². The number of likely N-dealkylation sites (tertiary alicyclic amines) is 1. The van der Waals surface area contributed by atoms with Gasteiger partial charge in [0.15, 0.2) is 0 Å². The number of carbonyl (C=O) groups excluding carboxylic acids is 1. The quantitative estimate of drug-likeness (QED) is 0.937. The molecule has 0 spiro atoms. The van der Waals surface area contributed by atoms with Crippen LogP contribution in [0.1, 0.15) is 53.3 Å². The molecule has 24 heavy (non-hydrogen) atoms. The lowest BCUT2D eigenvalue weighted by molar-refractivity contribution is 0.0581. The molecule has 0 aromatic carbocycles. The number of aromatic nitrogens is 3. The standard InChI is InChI=1S/C18H22N4O2/c1-12-3-2-8-19-17(12)24-14-6-9-22(10-7-14)18(23)16-11-15(20-21-16)13-4-5-13/h2-3,8,11,13-14H,4-7,9-10H2,1H3,(H,20,21). The van der Waals surface area contributed by atoms with Crippen molar-refractivity contribution in [3.8, 4) is 5.88 Å². The van der Waals surface area contributed by atoms with Crippen LogP contribution in [-0.4, -0.2) is 45.2 Å². The van der Waals surface area contributed by atoms with Gasteiger partial charge >= 0.3 is 0 Å². The van der Waals surface area contributed by atoms with Crippen LogP contribution in [0.5, 0.6) is 5.88 Å². The highest BCUT2D eigenvalue weighted by Crippen LogP contribution is 2.39. The highest BCUT2D eigenvalue weighted by Gasteiger charge is 2.29. The Morgan fingerprint density at radius 1 is 1.29 bits per heavy atom. The lowest BCUT2D eigenvalue weighted by Crippen LogP contribution is -2.42. The van der Waals surface area contributed by atoms with Gasteiger partial charge in [-0.2, -0.15) is 5.10 Å². The minimum Gasteiger partial charge on any atom is -0.474 e. The summed E-state index contributed by atoms with van der Waals surface area (Å²) in [6.07, 6.45) is 5.90. The Balaban J connectivity index is 1.33. The number of carbonyl (C=O) groups is 1. The first-order valence-corrected chi connectivity index (χ1v) is 8.63. The van der Waals surface area contributed by atoms with Crippen LogP contribution in [-0.2, 0) is 0 Å². The van der Waals surface area contributed by atoms with Gasteiger partial charge in [0.25, 0.3) is 5.91 Å². The van der Waals surface area contributed by atoms with Crippen LogP contribution in [0.4, 0.5) is 0 Å². The Morgan fingerprint density at radius 3 is 2.79 bits per heavy atom. The second-order valence-electron chi connectivity index (χ2n) is 6.72. The zero-order valence-corrected chi connectivity index (χ0v) is 13.9. The number of rotatable bonds is 4. The van der Waals surface area contributed by atoms with E-state index in [9.17, 15) is 4.79 Å². The third-order valence-electron chi connectivity index (χ3n) is 4.80. The van der Waals surface area contributed by atoms with Crippen LogP contribution in [0.2, 0.25) is 0 Å². The van der Waals surface area contributed by atoms with E-state index in [-0.39, 0.29) is 12.0 Å². The number of amides is 1. The maximum atomic E-state index is 12.6. The van der Waals surface area contributed by atoms with Crippen LogP contribution in [0, 0.1) is 6.92 Å². The molecule has 1 aliphatic carbocycles. The SMILES string of the molecule is Cc1cccnc1OC1CCN(C(=O)c2cc(C3CC3)[nH]n2)CC1. The molecule has 4 rings (SSSR count). The van der Waals surface area contributed by atoms with Gasteiger partial charge in [-0.05, 0) is 31.9 Å². The van der Waals surface area contributed by atoms with Gasteiger partial charge in [0.05, 0.1) is 0 Å². The molecule has 1 amide bonds. The molecule has 1 saturated carbocycles. The van der Waals surface area contributed by atoms with E-state index in [0.717, 1.165) is 24.1 Å². The fourth-order valence-corrected chi connectivity index (χ4v) is 3.14. The van der Waals surface area contributed by atoms with Crippen molar-refractivity contribution in [2.45, 2.75) is 44.6 Å². The molecule has 1 aliphatic heterocycles. The zero-order chi connectivity index (χ0) is 16.5. The maximum absolute atomic E-state index is 12.6. The minimum absolute atomic E-state index is 0.0191. The molecule has 2 fully saturated rings. The third-order valence-corrected chi connectivity index (χ3v) is 4.80. The topological polar surface area (TPSA) is 71.1 Å². The van der Waals surface area contributed by atoms with Crippen LogP contribution in [0.15, 0.2) is 24.4 Å². The van der Waals surface area contributed by atoms with Crippen LogP contribution < -0.4 is 4.74 Å². The number of aromatic amines is 1. The molecule has 2 aliphatic rings. The fourth-order valence-electron chi connectivity index (χ4n) is 3.14. The highest BCUT2D eigenvalue weighted by molar-refractivity contribution is 5.92. The van der Waals surface area contributed by atoms with Gasteiger partial charge in [0, 0.05) is 49.3 Å². The molecule has 3 heterocycles. The van der Waals surface area contributed by atoms with E-state index in [4.69, 9.17) is 4.74 Å². The number of pyridine rings is 1. The van der Waals surface area contributed by atoms with Gasteiger partial charge in [-0.15, -0.1) is 0 Å². The van der Waals surface area contributed by atoms with Gasteiger partial charge in [0.1, 0.15) is 11.8 Å². The first kappa shape index (κ1) is 15.2. The van der Waals surface area contributed by atoms with Crippen molar-refractivity contribution < 1.29 is 9.53 Å². The second-order valence-corrected chi connectivity index (χ2v) is 6.72. The number of nitrogens with zero attached hydrogens (tertiary/aromatic N) is 3. The Labute approximate surface area is 141 Å². The van der Waals surface area contributed by atoms with Crippen molar-refractivity contribution in [1.82, 2.24) is 20.1 Å². The fraction of sp³-hybridized carbons (Fsp3) is 0.500. The van der Waals surface area contributed by atoms with Crippen molar-refractivity contribution in [2.24, 2.45) is 0 Å². The minimum atomic E-state index is 0.0191. The van der Waals surface area contributed by atoms with E-state index in [1.807, 2.05) is 30.0 Å². The molecule has 1 N–H and O–H groups in total. The molecule has 126 valence electrons. The largest absolute Gasteiger partial charge is 0.474 e. The monoisotopic (exact) mass is 326 g/mol. The van der Waals surface area contributed by atoms with E-state index in [1.54, 1.807) is 6.20 Å². The molecule has 6 nitrogen and oxygen atoms in total. The molecule has 0 bridgehead atoms. The summed E-state index contributed by atoms with van der Waals surface area (Å²) < 4.78 is 5.99. The molecule has 0 radical (unpaired) electrons. The summed E-state index contributed by atoms with van der Waals surface area (Å²) >= 11 is 0. The number of hydrogen-bond donors (Lipinski definition) is 1. The molecule has 2 aromatic heterocycles. The summed E-state index contributed by atoms with van der Waals surface area (Å²) in [5.74, 6) is 1.30. The van der Waals surface area contributed by atoms with Gasteiger partial charge in [0.2, 0.25) is 5.88 Å². The van der Waals surface area contributed by atoms with Crippen molar-refractivity contribution >= 4 is 5.91 Å². The van der Waals surface area contributed by atoms with Crippen molar-refractivity contribution in [3.63, 3.8) is 0 Å². The van der Waals surface area contributed by atoms with Crippen LogP contribution in [0.3, 0.4) is 0 Å². The third kappa shape index (κ3) is 3.13. The van der Waals surface area contributed by atoms with Gasteiger partial charge in [-0.1, -0.05) is 6.07 Å². The number of ether oxygens (including phenoxy) is 1. The molecule has 6 heteroatoms. The lowest BCUT2D eigenvalue weighted by atomic mass is 10.1. The summed E-state index contributed by atoms with van der Waals surface area (Å²) in [7, 11) is 0. The summed E-state index contributed by atoms with van der Waals surface area (Å²) in [6.45, 7) is 3.39. The van der Waals surface area contributed by atoms with E-state index in [0.29, 0.717) is 30.6 Å². The number of H-pyrrole nitrogens is 1. The summed E-state index contributed by atoms with van der Waals surface area (Å²) in [6, 6.07) is 5.82. The van der Waals surface area contributed by atoms with E-state index < -0.39 is 0 Å². The van der Waals surface area contributed by atoms with Gasteiger partial charge < -0.3 is 9.64 Å². The highest BCUT2D eigenvalue weighted by atomic mass is 16.5. The average Bonchev–Trinajstić information content (AvgIpc) is 3.34. The van der Waals surface area contributed by atoms with E-state index >= 15 is 0 Å². The van der Waals surface area contributed by atoms with Gasteiger partial charge in [-0.3, -0.25) is 9.89 Å². The van der Waals surface area contributed by atoms with E-state index in [1.165, 1.54) is 12.8 Å². The molecule has 1 saturated heterocycles. The Morgan fingerprint density at radius 2 is 2.08 bits per heavy atom. The zero-order valence-electron chi connectivity index (χ0n) is 13.9. The van der Waals surface area contributed by atoms with Crippen molar-refractivity contribution in [2.75, 3.05) is 13.1 Å². The Hall–Kier alpha value is -2.37. The Bertz CT molecular complexity index is 730.